The number of carbonyl (C=O) groups is 2. The third-order valence-electron chi connectivity index (χ3n) is 4.46. The number of carbonyl (C=O) groups excluding carboxylic acids is 2. The van der Waals surface area contributed by atoms with Crippen LogP contribution >= 0.6 is 0 Å². The minimum absolute atomic E-state index is 0.0540. The summed E-state index contributed by atoms with van der Waals surface area (Å²) in [5.41, 5.74) is 6.27. The van der Waals surface area contributed by atoms with Gasteiger partial charge in [-0.2, -0.15) is 0 Å². The SMILES string of the molecule is NC(=O)[C@@]1(O)CCCN(C(=O)c2ccc(-c3ccccc3)cc2)C1. The Morgan fingerprint density at radius 2 is 1.62 bits per heavy atom. The second-order valence-corrected chi connectivity index (χ2v) is 6.17. The van der Waals surface area contributed by atoms with E-state index in [9.17, 15) is 14.7 Å². The Bertz CT molecular complexity index is 743. The fourth-order valence-electron chi connectivity index (χ4n) is 3.03. The predicted octanol–water partition coefficient (Wildman–Crippen LogP) is 1.81. The highest BCUT2D eigenvalue weighted by molar-refractivity contribution is 5.95. The molecule has 2 aromatic carbocycles. The fraction of sp³-hybridized carbons (Fsp3) is 0.263. The molecule has 124 valence electrons. The van der Waals surface area contributed by atoms with Crippen LogP contribution in [0.2, 0.25) is 0 Å². The molecule has 1 fully saturated rings. The molecule has 0 aromatic heterocycles. The number of hydrogen-bond acceptors (Lipinski definition) is 3. The van der Waals surface area contributed by atoms with Crippen molar-refractivity contribution in [2.45, 2.75) is 18.4 Å². The molecule has 3 rings (SSSR count). The van der Waals surface area contributed by atoms with Gasteiger partial charge in [0.05, 0.1) is 6.54 Å². The van der Waals surface area contributed by atoms with E-state index in [0.29, 0.717) is 24.9 Å². The molecule has 2 aromatic rings. The zero-order chi connectivity index (χ0) is 17.2. The molecule has 24 heavy (non-hydrogen) atoms. The van der Waals surface area contributed by atoms with E-state index in [1.54, 1.807) is 12.1 Å². The first-order valence-corrected chi connectivity index (χ1v) is 7.97. The molecule has 0 saturated carbocycles. The molecule has 0 aliphatic carbocycles. The van der Waals surface area contributed by atoms with Crippen LogP contribution in [0.4, 0.5) is 0 Å². The number of nitrogens with two attached hydrogens (primary N) is 1. The van der Waals surface area contributed by atoms with Gasteiger partial charge in [-0.3, -0.25) is 9.59 Å². The Balaban J connectivity index is 1.77. The first kappa shape index (κ1) is 16.2. The molecule has 1 heterocycles. The van der Waals surface area contributed by atoms with E-state index in [4.69, 9.17) is 5.73 Å². The van der Waals surface area contributed by atoms with Gasteiger partial charge in [0.1, 0.15) is 0 Å². The molecule has 0 spiro atoms. The highest BCUT2D eigenvalue weighted by atomic mass is 16.3. The van der Waals surface area contributed by atoms with Crippen LogP contribution in [-0.2, 0) is 4.79 Å². The third-order valence-corrected chi connectivity index (χ3v) is 4.46. The lowest BCUT2D eigenvalue weighted by molar-refractivity contribution is -0.140. The Morgan fingerprint density at radius 3 is 2.25 bits per heavy atom. The van der Waals surface area contributed by atoms with Crippen molar-refractivity contribution in [3.63, 3.8) is 0 Å². The highest BCUT2D eigenvalue weighted by Gasteiger charge is 2.40. The van der Waals surface area contributed by atoms with Crippen LogP contribution in [0.5, 0.6) is 0 Å². The molecule has 0 unspecified atom stereocenters. The Hall–Kier alpha value is -2.66. The van der Waals surface area contributed by atoms with Gasteiger partial charge in [-0.25, -0.2) is 0 Å². The molecule has 1 atom stereocenters. The smallest absolute Gasteiger partial charge is 0.253 e. The van der Waals surface area contributed by atoms with Gasteiger partial charge in [-0.15, -0.1) is 0 Å². The zero-order valence-electron chi connectivity index (χ0n) is 13.3. The maximum absolute atomic E-state index is 12.6. The van der Waals surface area contributed by atoms with Crippen LogP contribution in [-0.4, -0.2) is 40.5 Å². The minimum atomic E-state index is -1.63. The van der Waals surface area contributed by atoms with Gasteiger partial charge < -0.3 is 15.7 Å². The maximum atomic E-state index is 12.6. The number of primary amides is 1. The Kier molecular flexibility index (Phi) is 4.36. The van der Waals surface area contributed by atoms with Crippen molar-refractivity contribution in [3.05, 3.63) is 60.2 Å². The van der Waals surface area contributed by atoms with Crippen LogP contribution in [0, 0.1) is 0 Å². The monoisotopic (exact) mass is 324 g/mol. The largest absolute Gasteiger partial charge is 0.378 e. The first-order chi connectivity index (χ1) is 11.5. The Labute approximate surface area is 140 Å². The predicted molar refractivity (Wildman–Crippen MR) is 91.2 cm³/mol. The summed E-state index contributed by atoms with van der Waals surface area (Å²) in [4.78, 5) is 25.5. The Morgan fingerprint density at radius 1 is 1.00 bits per heavy atom. The molecule has 5 nitrogen and oxygen atoms in total. The summed E-state index contributed by atoms with van der Waals surface area (Å²) in [7, 11) is 0. The number of benzene rings is 2. The lowest BCUT2D eigenvalue weighted by Crippen LogP contribution is -2.57. The molecule has 5 heteroatoms. The number of β-amino-alcohol motifs (C(OH)–C–C–N with tert-alkyl or cyclic N) is 1. The number of aliphatic hydroxyl groups is 1. The van der Waals surface area contributed by atoms with Gasteiger partial charge in [-0.1, -0.05) is 42.5 Å². The first-order valence-electron chi connectivity index (χ1n) is 7.97. The molecule has 2 amide bonds. The van der Waals surface area contributed by atoms with Crippen molar-refractivity contribution in [2.24, 2.45) is 5.73 Å². The van der Waals surface area contributed by atoms with E-state index < -0.39 is 11.5 Å². The van der Waals surface area contributed by atoms with Crippen LogP contribution in [0.25, 0.3) is 11.1 Å². The van der Waals surface area contributed by atoms with Crippen molar-refractivity contribution in [1.82, 2.24) is 4.90 Å². The highest BCUT2D eigenvalue weighted by Crippen LogP contribution is 2.24. The topological polar surface area (TPSA) is 83.6 Å². The van der Waals surface area contributed by atoms with Gasteiger partial charge >= 0.3 is 0 Å². The average Bonchev–Trinajstić information content (AvgIpc) is 2.62. The lowest BCUT2D eigenvalue weighted by Gasteiger charge is -2.37. The third kappa shape index (κ3) is 3.16. The molecular formula is C19H20N2O3. The molecule has 1 saturated heterocycles. The van der Waals surface area contributed by atoms with E-state index in [-0.39, 0.29) is 12.5 Å². The minimum Gasteiger partial charge on any atom is -0.378 e. The summed E-state index contributed by atoms with van der Waals surface area (Å²) in [6.07, 6.45) is 0.840. The number of likely N-dealkylation sites (tertiary alicyclic amines) is 1. The van der Waals surface area contributed by atoms with Crippen LogP contribution < -0.4 is 5.73 Å². The van der Waals surface area contributed by atoms with E-state index in [0.717, 1.165) is 11.1 Å². The van der Waals surface area contributed by atoms with Crippen LogP contribution in [0.3, 0.4) is 0 Å². The van der Waals surface area contributed by atoms with Crippen molar-refractivity contribution in [2.75, 3.05) is 13.1 Å². The van der Waals surface area contributed by atoms with Gasteiger partial charge in [0.25, 0.3) is 11.8 Å². The van der Waals surface area contributed by atoms with Gasteiger partial charge in [0, 0.05) is 12.1 Å². The van der Waals surface area contributed by atoms with E-state index >= 15 is 0 Å². The second-order valence-electron chi connectivity index (χ2n) is 6.17. The standard InChI is InChI=1S/C19H20N2O3/c20-18(23)19(24)11-4-12-21(13-19)17(22)16-9-7-15(8-10-16)14-5-2-1-3-6-14/h1-3,5-10,24H,4,11-13H2,(H2,20,23)/t19-/m1/s1. The molecule has 0 bridgehead atoms. The van der Waals surface area contributed by atoms with Crippen molar-refractivity contribution in [1.29, 1.82) is 0 Å². The van der Waals surface area contributed by atoms with E-state index in [2.05, 4.69) is 0 Å². The molecule has 3 N–H and O–H groups in total. The number of amides is 2. The normalized spacial score (nSPS) is 20.6. The van der Waals surface area contributed by atoms with Crippen molar-refractivity contribution >= 4 is 11.8 Å². The van der Waals surface area contributed by atoms with Gasteiger partial charge in [0.2, 0.25) is 0 Å². The van der Waals surface area contributed by atoms with E-state index in [1.165, 1.54) is 4.90 Å². The number of piperidine rings is 1. The second kappa shape index (κ2) is 6.45. The summed E-state index contributed by atoms with van der Waals surface area (Å²) in [5.74, 6) is -0.978. The quantitative estimate of drug-likeness (QED) is 0.903. The summed E-state index contributed by atoms with van der Waals surface area (Å²) < 4.78 is 0. The van der Waals surface area contributed by atoms with Crippen molar-refractivity contribution < 1.29 is 14.7 Å². The van der Waals surface area contributed by atoms with E-state index in [1.807, 2.05) is 42.5 Å². The van der Waals surface area contributed by atoms with Crippen molar-refractivity contribution in [3.8, 4) is 11.1 Å². The maximum Gasteiger partial charge on any atom is 0.253 e. The van der Waals surface area contributed by atoms with Gasteiger partial charge in [-0.05, 0) is 36.1 Å². The number of nitrogens with zero attached hydrogens (tertiary/aromatic N) is 1. The van der Waals surface area contributed by atoms with Gasteiger partial charge in [0.15, 0.2) is 5.60 Å². The summed E-state index contributed by atoms with van der Waals surface area (Å²) in [6, 6.07) is 17.2. The summed E-state index contributed by atoms with van der Waals surface area (Å²) in [5, 5.41) is 10.2. The number of rotatable bonds is 3. The van der Waals surface area contributed by atoms with Crippen LogP contribution in [0.1, 0.15) is 23.2 Å². The lowest BCUT2D eigenvalue weighted by atomic mass is 9.91. The molecule has 0 radical (unpaired) electrons. The molecule has 1 aliphatic heterocycles. The zero-order valence-corrected chi connectivity index (χ0v) is 13.3. The average molecular weight is 324 g/mol. The number of hydrogen-bond donors (Lipinski definition) is 2. The fourth-order valence-corrected chi connectivity index (χ4v) is 3.03. The summed E-state index contributed by atoms with van der Waals surface area (Å²) >= 11 is 0. The summed E-state index contributed by atoms with van der Waals surface area (Å²) in [6.45, 7) is 0.455. The molecule has 1 aliphatic rings. The van der Waals surface area contributed by atoms with Crippen LogP contribution in [0.15, 0.2) is 54.6 Å². The molecular weight excluding hydrogens is 304 g/mol.